The molecule has 2 aromatic rings. The first-order chi connectivity index (χ1) is 11.4. The van der Waals surface area contributed by atoms with E-state index in [1.54, 1.807) is 0 Å². The number of nitrogens with one attached hydrogen (secondary N) is 1. The number of aromatic nitrogens is 1. The zero-order chi connectivity index (χ0) is 15.7. The van der Waals surface area contributed by atoms with E-state index >= 15 is 0 Å². The first-order valence-electron chi connectivity index (χ1n) is 8.79. The Kier molecular flexibility index (Phi) is 6.18. The number of rotatable bonds is 7. The average Bonchev–Trinajstić information content (AvgIpc) is 2.62. The van der Waals surface area contributed by atoms with E-state index in [-0.39, 0.29) is 0 Å². The third-order valence-electron chi connectivity index (χ3n) is 4.61. The van der Waals surface area contributed by atoms with Crippen LogP contribution in [-0.2, 0) is 13.0 Å². The van der Waals surface area contributed by atoms with E-state index < -0.39 is 0 Å². The van der Waals surface area contributed by atoms with Crippen molar-refractivity contribution in [1.29, 1.82) is 0 Å². The van der Waals surface area contributed by atoms with Crippen LogP contribution in [0, 0.1) is 0 Å². The number of nitrogens with zero attached hydrogens (tertiary/aromatic N) is 2. The molecule has 0 amide bonds. The van der Waals surface area contributed by atoms with Crippen LogP contribution in [0.5, 0.6) is 0 Å². The van der Waals surface area contributed by atoms with Gasteiger partial charge in [-0.15, -0.1) is 0 Å². The van der Waals surface area contributed by atoms with E-state index in [1.165, 1.54) is 56.4 Å². The van der Waals surface area contributed by atoms with Gasteiger partial charge < -0.3 is 10.2 Å². The lowest BCUT2D eigenvalue weighted by Gasteiger charge is -2.33. The summed E-state index contributed by atoms with van der Waals surface area (Å²) < 4.78 is 0. The van der Waals surface area contributed by atoms with Crippen LogP contribution in [0.4, 0.5) is 0 Å². The van der Waals surface area contributed by atoms with Gasteiger partial charge in [-0.3, -0.25) is 4.98 Å². The van der Waals surface area contributed by atoms with Gasteiger partial charge in [0.1, 0.15) is 0 Å². The fourth-order valence-corrected chi connectivity index (χ4v) is 3.34. The predicted octanol–water partition coefficient (Wildman–Crippen LogP) is 3.27. The highest BCUT2D eigenvalue weighted by Gasteiger charge is 2.18. The van der Waals surface area contributed by atoms with Gasteiger partial charge in [-0.25, -0.2) is 0 Å². The number of pyridine rings is 1. The molecule has 1 saturated heterocycles. The average molecular weight is 309 g/mol. The maximum absolute atomic E-state index is 4.18. The Balaban J connectivity index is 1.38. The normalized spacial score (nSPS) is 18.9. The highest BCUT2D eigenvalue weighted by atomic mass is 15.2. The lowest BCUT2D eigenvalue weighted by molar-refractivity contribution is 0.188. The molecule has 3 heteroatoms. The largest absolute Gasteiger partial charge is 0.309 e. The minimum absolute atomic E-state index is 0.612. The summed E-state index contributed by atoms with van der Waals surface area (Å²) in [5.74, 6) is 0. The first-order valence-corrected chi connectivity index (χ1v) is 8.79. The molecule has 0 radical (unpaired) electrons. The van der Waals surface area contributed by atoms with E-state index in [0.717, 1.165) is 6.54 Å². The summed E-state index contributed by atoms with van der Waals surface area (Å²) in [4.78, 5) is 6.80. The van der Waals surface area contributed by atoms with Gasteiger partial charge in [0.2, 0.25) is 0 Å². The molecule has 1 aromatic heterocycles. The molecule has 0 spiro atoms. The SMILES string of the molecule is c1ccc(CCCN2CCCC(NCc3cccnc3)C2)cc1. The van der Waals surface area contributed by atoms with Gasteiger partial charge in [0.05, 0.1) is 0 Å². The van der Waals surface area contributed by atoms with Gasteiger partial charge in [-0.05, 0) is 56.0 Å². The molecule has 1 fully saturated rings. The first kappa shape index (κ1) is 16.2. The number of likely N-dealkylation sites (tertiary alicyclic amines) is 1. The molecular formula is C20H27N3. The van der Waals surface area contributed by atoms with Crippen molar-refractivity contribution in [2.45, 2.75) is 38.3 Å². The van der Waals surface area contributed by atoms with E-state index in [9.17, 15) is 0 Å². The van der Waals surface area contributed by atoms with Crippen molar-refractivity contribution in [3.63, 3.8) is 0 Å². The number of benzene rings is 1. The summed E-state index contributed by atoms with van der Waals surface area (Å²) in [7, 11) is 0. The number of aryl methyl sites for hydroxylation is 1. The number of hydrogen-bond acceptors (Lipinski definition) is 3. The molecule has 3 rings (SSSR count). The van der Waals surface area contributed by atoms with Gasteiger partial charge in [0.25, 0.3) is 0 Å². The molecule has 1 atom stereocenters. The Labute approximate surface area is 139 Å². The van der Waals surface area contributed by atoms with Crippen molar-refractivity contribution in [3.8, 4) is 0 Å². The summed E-state index contributed by atoms with van der Waals surface area (Å²) >= 11 is 0. The van der Waals surface area contributed by atoms with Crippen LogP contribution in [0.3, 0.4) is 0 Å². The standard InChI is InChI=1S/C20H27N3/c1-2-7-18(8-3-1)10-5-13-23-14-6-11-20(17-23)22-16-19-9-4-12-21-15-19/h1-4,7-9,12,15,20,22H,5-6,10-11,13-14,16-17H2. The topological polar surface area (TPSA) is 28.2 Å². The van der Waals surface area contributed by atoms with Crippen LogP contribution in [0.15, 0.2) is 54.9 Å². The molecule has 2 heterocycles. The number of hydrogen-bond donors (Lipinski definition) is 1. The second-order valence-electron chi connectivity index (χ2n) is 6.47. The maximum Gasteiger partial charge on any atom is 0.0312 e. The van der Waals surface area contributed by atoms with Crippen LogP contribution in [-0.4, -0.2) is 35.6 Å². The van der Waals surface area contributed by atoms with Crippen LogP contribution in [0.2, 0.25) is 0 Å². The van der Waals surface area contributed by atoms with E-state index in [4.69, 9.17) is 0 Å². The van der Waals surface area contributed by atoms with Crippen molar-refractivity contribution in [2.75, 3.05) is 19.6 Å². The molecule has 1 unspecified atom stereocenters. The van der Waals surface area contributed by atoms with Crippen molar-refractivity contribution in [2.24, 2.45) is 0 Å². The highest BCUT2D eigenvalue weighted by Crippen LogP contribution is 2.12. The van der Waals surface area contributed by atoms with Crippen molar-refractivity contribution in [1.82, 2.24) is 15.2 Å². The van der Waals surface area contributed by atoms with E-state index in [0.29, 0.717) is 6.04 Å². The Hall–Kier alpha value is -1.71. The molecule has 1 aliphatic rings. The molecular weight excluding hydrogens is 282 g/mol. The molecule has 23 heavy (non-hydrogen) atoms. The Morgan fingerprint density at radius 3 is 2.78 bits per heavy atom. The van der Waals surface area contributed by atoms with Gasteiger partial charge in [0, 0.05) is 31.5 Å². The lowest BCUT2D eigenvalue weighted by atomic mass is 10.0. The molecule has 122 valence electrons. The minimum atomic E-state index is 0.612. The van der Waals surface area contributed by atoms with Gasteiger partial charge in [-0.2, -0.15) is 0 Å². The van der Waals surface area contributed by atoms with Gasteiger partial charge in [0.15, 0.2) is 0 Å². The van der Waals surface area contributed by atoms with Crippen LogP contribution in [0.25, 0.3) is 0 Å². The Bertz CT molecular complexity index is 556. The van der Waals surface area contributed by atoms with Crippen LogP contribution in [0.1, 0.15) is 30.4 Å². The van der Waals surface area contributed by atoms with Crippen molar-refractivity contribution >= 4 is 0 Å². The zero-order valence-electron chi connectivity index (χ0n) is 13.8. The monoisotopic (exact) mass is 309 g/mol. The quantitative estimate of drug-likeness (QED) is 0.851. The third-order valence-corrected chi connectivity index (χ3v) is 4.61. The van der Waals surface area contributed by atoms with Crippen molar-refractivity contribution < 1.29 is 0 Å². The summed E-state index contributed by atoms with van der Waals surface area (Å²) in [6.07, 6.45) is 8.81. The summed E-state index contributed by atoms with van der Waals surface area (Å²) in [5.41, 5.74) is 2.73. The highest BCUT2D eigenvalue weighted by molar-refractivity contribution is 5.14. The lowest BCUT2D eigenvalue weighted by Crippen LogP contribution is -2.45. The Morgan fingerprint density at radius 2 is 1.96 bits per heavy atom. The van der Waals surface area contributed by atoms with Crippen LogP contribution >= 0.6 is 0 Å². The second kappa shape index (κ2) is 8.80. The molecule has 1 aliphatic heterocycles. The Morgan fingerprint density at radius 1 is 1.09 bits per heavy atom. The minimum Gasteiger partial charge on any atom is -0.309 e. The fraction of sp³-hybridized carbons (Fsp3) is 0.450. The summed E-state index contributed by atoms with van der Waals surface area (Å²) in [6, 6.07) is 15.6. The van der Waals surface area contributed by atoms with Gasteiger partial charge in [-0.1, -0.05) is 36.4 Å². The molecule has 0 aliphatic carbocycles. The zero-order valence-corrected chi connectivity index (χ0v) is 13.8. The number of piperidine rings is 1. The molecule has 0 bridgehead atoms. The van der Waals surface area contributed by atoms with E-state index in [1.807, 2.05) is 18.5 Å². The third kappa shape index (κ3) is 5.45. The molecule has 0 saturated carbocycles. The maximum atomic E-state index is 4.18. The fourth-order valence-electron chi connectivity index (χ4n) is 3.34. The van der Waals surface area contributed by atoms with Crippen molar-refractivity contribution in [3.05, 3.63) is 66.0 Å². The van der Waals surface area contributed by atoms with E-state index in [2.05, 4.69) is 51.6 Å². The van der Waals surface area contributed by atoms with Gasteiger partial charge >= 0.3 is 0 Å². The second-order valence-corrected chi connectivity index (χ2v) is 6.47. The molecule has 3 nitrogen and oxygen atoms in total. The smallest absolute Gasteiger partial charge is 0.0312 e. The van der Waals surface area contributed by atoms with Crippen LogP contribution < -0.4 is 5.32 Å². The predicted molar refractivity (Wildman–Crippen MR) is 95.3 cm³/mol. The molecule has 1 N–H and O–H groups in total. The summed E-state index contributed by atoms with van der Waals surface area (Å²) in [5, 5.41) is 3.69. The molecule has 1 aromatic carbocycles. The summed E-state index contributed by atoms with van der Waals surface area (Å²) in [6.45, 7) is 4.56.